The van der Waals surface area contributed by atoms with Gasteiger partial charge in [-0.2, -0.15) is 0 Å². The molecule has 0 aromatic heterocycles. The molecule has 0 amide bonds. The van der Waals surface area contributed by atoms with Crippen LogP contribution in [0.25, 0.3) is 0 Å². The van der Waals surface area contributed by atoms with Crippen LogP contribution in [0.4, 0.5) is 0 Å². The molecule has 1 atom stereocenters. The van der Waals surface area contributed by atoms with Gasteiger partial charge in [-0.3, -0.25) is 0 Å². The molecule has 0 aliphatic heterocycles. The first-order chi connectivity index (χ1) is 6.70. The zero-order chi connectivity index (χ0) is 10.8. The van der Waals surface area contributed by atoms with Gasteiger partial charge >= 0.3 is 0 Å². The molecular formula is C14H26. The van der Waals surface area contributed by atoms with Crippen molar-refractivity contribution in [1.29, 1.82) is 0 Å². The highest BCUT2D eigenvalue weighted by Gasteiger charge is 1.99. The summed E-state index contributed by atoms with van der Waals surface area (Å²) in [4.78, 5) is 0. The Morgan fingerprint density at radius 2 is 2.00 bits per heavy atom. The Morgan fingerprint density at radius 3 is 2.57 bits per heavy atom. The van der Waals surface area contributed by atoms with Gasteiger partial charge in [0.2, 0.25) is 0 Å². The summed E-state index contributed by atoms with van der Waals surface area (Å²) in [6.45, 7) is 8.93. The Hall–Kier alpha value is -0.520. The van der Waals surface area contributed by atoms with Crippen LogP contribution in [0.5, 0.6) is 0 Å². The summed E-state index contributed by atoms with van der Waals surface area (Å²) in [6, 6.07) is 0. The van der Waals surface area contributed by atoms with Gasteiger partial charge in [-0.25, -0.2) is 0 Å². The van der Waals surface area contributed by atoms with E-state index < -0.39 is 0 Å². The normalized spacial score (nSPS) is 15.0. The van der Waals surface area contributed by atoms with E-state index in [1.807, 2.05) is 0 Å². The quantitative estimate of drug-likeness (QED) is 0.494. The van der Waals surface area contributed by atoms with Crippen LogP contribution in [0.3, 0.4) is 0 Å². The Labute approximate surface area is 90.1 Å². The predicted octanol–water partition coefficient (Wildman–Crippen LogP) is 5.12. The lowest BCUT2D eigenvalue weighted by molar-refractivity contribution is 0.469. The first kappa shape index (κ1) is 13.5. The summed E-state index contributed by atoms with van der Waals surface area (Å²) in [5.41, 5.74) is 1.51. The zero-order valence-corrected chi connectivity index (χ0v) is 10.3. The van der Waals surface area contributed by atoms with Crippen LogP contribution < -0.4 is 0 Å². The summed E-state index contributed by atoms with van der Waals surface area (Å²) < 4.78 is 0. The third-order valence-corrected chi connectivity index (χ3v) is 2.62. The zero-order valence-electron chi connectivity index (χ0n) is 10.3. The second kappa shape index (κ2) is 9.05. The van der Waals surface area contributed by atoms with Crippen molar-refractivity contribution in [2.75, 3.05) is 0 Å². The molecule has 0 radical (unpaired) electrons. The van der Waals surface area contributed by atoms with Crippen molar-refractivity contribution in [2.24, 2.45) is 5.92 Å². The van der Waals surface area contributed by atoms with Crippen molar-refractivity contribution in [3.05, 3.63) is 23.8 Å². The fraction of sp³-hybridized carbons (Fsp3) is 0.714. The second-order valence-electron chi connectivity index (χ2n) is 4.32. The van der Waals surface area contributed by atoms with Gasteiger partial charge in [0.05, 0.1) is 0 Å². The maximum atomic E-state index is 2.37. The Morgan fingerprint density at radius 1 is 1.29 bits per heavy atom. The molecule has 0 aliphatic carbocycles. The largest absolute Gasteiger partial charge is 0.0877 e. The highest BCUT2D eigenvalue weighted by molar-refractivity contribution is 5.09. The standard InChI is InChI=1S/C14H26/c1-5-7-10-14(4)12-8-11-13(3)9-6-2/h5,7,10,13H,6,8-9,11-12H2,1-4H3/b7-5-,14-10+. The van der Waals surface area contributed by atoms with E-state index >= 15 is 0 Å². The van der Waals surface area contributed by atoms with Crippen LogP contribution in [0.1, 0.15) is 59.8 Å². The van der Waals surface area contributed by atoms with Crippen molar-refractivity contribution in [1.82, 2.24) is 0 Å². The molecule has 0 aromatic carbocycles. The molecular weight excluding hydrogens is 168 g/mol. The monoisotopic (exact) mass is 194 g/mol. The van der Waals surface area contributed by atoms with Crippen LogP contribution in [0.2, 0.25) is 0 Å². The second-order valence-corrected chi connectivity index (χ2v) is 4.32. The van der Waals surface area contributed by atoms with Gasteiger partial charge in [-0.1, -0.05) is 56.9 Å². The van der Waals surface area contributed by atoms with E-state index in [2.05, 4.69) is 45.9 Å². The molecule has 0 bridgehead atoms. The van der Waals surface area contributed by atoms with E-state index in [0.717, 1.165) is 5.92 Å². The SMILES string of the molecule is C/C=C\C=C(/C)CCCC(C)CCC. The average molecular weight is 194 g/mol. The molecule has 0 fully saturated rings. The molecule has 0 aliphatic rings. The van der Waals surface area contributed by atoms with E-state index in [9.17, 15) is 0 Å². The molecule has 0 aromatic rings. The molecule has 0 saturated heterocycles. The number of hydrogen-bond donors (Lipinski definition) is 0. The lowest BCUT2D eigenvalue weighted by Gasteiger charge is -2.09. The van der Waals surface area contributed by atoms with Crippen LogP contribution in [0.15, 0.2) is 23.8 Å². The lowest BCUT2D eigenvalue weighted by atomic mass is 9.97. The molecule has 0 spiro atoms. The van der Waals surface area contributed by atoms with Crippen molar-refractivity contribution in [2.45, 2.75) is 59.8 Å². The third kappa shape index (κ3) is 8.10. The molecule has 14 heavy (non-hydrogen) atoms. The maximum Gasteiger partial charge on any atom is -0.0320 e. The van der Waals surface area contributed by atoms with Gasteiger partial charge in [0.25, 0.3) is 0 Å². The lowest BCUT2D eigenvalue weighted by Crippen LogP contribution is -1.93. The molecule has 82 valence electrons. The Bertz CT molecular complexity index is 174. The summed E-state index contributed by atoms with van der Waals surface area (Å²) >= 11 is 0. The molecule has 0 heterocycles. The van der Waals surface area contributed by atoms with E-state index in [4.69, 9.17) is 0 Å². The minimum Gasteiger partial charge on any atom is -0.0877 e. The number of allylic oxidation sites excluding steroid dienone is 4. The molecule has 1 unspecified atom stereocenters. The van der Waals surface area contributed by atoms with Gasteiger partial charge in [0.1, 0.15) is 0 Å². The average Bonchev–Trinajstić information content (AvgIpc) is 2.15. The summed E-state index contributed by atoms with van der Waals surface area (Å²) in [6.07, 6.45) is 13.2. The van der Waals surface area contributed by atoms with Crippen LogP contribution in [0, 0.1) is 5.92 Å². The van der Waals surface area contributed by atoms with Crippen LogP contribution in [-0.2, 0) is 0 Å². The Balaban J connectivity index is 3.53. The van der Waals surface area contributed by atoms with Crippen molar-refractivity contribution in [3.63, 3.8) is 0 Å². The van der Waals surface area contributed by atoms with E-state index in [1.165, 1.54) is 37.7 Å². The van der Waals surface area contributed by atoms with Crippen LogP contribution in [-0.4, -0.2) is 0 Å². The van der Waals surface area contributed by atoms with Gasteiger partial charge < -0.3 is 0 Å². The fourth-order valence-electron chi connectivity index (χ4n) is 1.71. The summed E-state index contributed by atoms with van der Waals surface area (Å²) in [5.74, 6) is 0.912. The Kier molecular flexibility index (Phi) is 8.72. The van der Waals surface area contributed by atoms with Gasteiger partial charge in [0, 0.05) is 0 Å². The molecule has 0 rings (SSSR count). The van der Waals surface area contributed by atoms with E-state index in [1.54, 1.807) is 0 Å². The minimum atomic E-state index is 0.912. The highest BCUT2D eigenvalue weighted by atomic mass is 14.1. The van der Waals surface area contributed by atoms with Crippen molar-refractivity contribution in [3.8, 4) is 0 Å². The predicted molar refractivity (Wildman–Crippen MR) is 66.5 cm³/mol. The van der Waals surface area contributed by atoms with Crippen molar-refractivity contribution < 1.29 is 0 Å². The maximum absolute atomic E-state index is 2.37. The van der Waals surface area contributed by atoms with Crippen LogP contribution >= 0.6 is 0 Å². The molecule has 0 heteroatoms. The highest BCUT2D eigenvalue weighted by Crippen LogP contribution is 2.16. The van der Waals surface area contributed by atoms with Gasteiger partial charge in [-0.15, -0.1) is 0 Å². The molecule has 0 nitrogen and oxygen atoms in total. The number of rotatable bonds is 7. The first-order valence-electron chi connectivity index (χ1n) is 5.99. The summed E-state index contributed by atoms with van der Waals surface area (Å²) in [7, 11) is 0. The minimum absolute atomic E-state index is 0.912. The van der Waals surface area contributed by atoms with E-state index in [0.29, 0.717) is 0 Å². The van der Waals surface area contributed by atoms with Crippen molar-refractivity contribution >= 4 is 0 Å². The van der Waals surface area contributed by atoms with Gasteiger partial charge in [-0.05, 0) is 32.6 Å². The van der Waals surface area contributed by atoms with Gasteiger partial charge in [0.15, 0.2) is 0 Å². The third-order valence-electron chi connectivity index (χ3n) is 2.62. The summed E-state index contributed by atoms with van der Waals surface area (Å²) in [5, 5.41) is 0. The topological polar surface area (TPSA) is 0 Å². The van der Waals surface area contributed by atoms with E-state index in [-0.39, 0.29) is 0 Å². The smallest absolute Gasteiger partial charge is 0.0320 e. The molecule has 0 N–H and O–H groups in total. The first-order valence-corrected chi connectivity index (χ1v) is 5.99. The fourth-order valence-corrected chi connectivity index (χ4v) is 1.71. The molecule has 0 saturated carbocycles. The number of hydrogen-bond acceptors (Lipinski definition) is 0.